The van der Waals surface area contributed by atoms with E-state index in [0.29, 0.717) is 13.1 Å². The molecule has 0 spiro atoms. The van der Waals surface area contributed by atoms with E-state index in [1.54, 1.807) is 23.0 Å². The van der Waals surface area contributed by atoms with Crippen LogP contribution in [0.1, 0.15) is 27.1 Å². The summed E-state index contributed by atoms with van der Waals surface area (Å²) in [6, 6.07) is 0. The van der Waals surface area contributed by atoms with Crippen molar-refractivity contribution in [2.75, 3.05) is 0 Å². The zero-order valence-electron chi connectivity index (χ0n) is 11.2. The molecule has 19 heavy (non-hydrogen) atoms. The Morgan fingerprint density at radius 1 is 1.26 bits per heavy atom. The lowest BCUT2D eigenvalue weighted by Crippen LogP contribution is -2.25. The standard InChI is InChI=1S/C12H15N5OS/c1-7-13-10-5-17(4-9(10)12(18)16(7)3)6-11-15-14-8(2)19-11/h4-6H2,1-3H3. The van der Waals surface area contributed by atoms with Crippen LogP contribution in [0.15, 0.2) is 4.79 Å². The van der Waals surface area contributed by atoms with Crippen LogP contribution >= 0.6 is 11.3 Å². The molecule has 0 bridgehead atoms. The molecule has 3 rings (SSSR count). The number of hydrogen-bond donors (Lipinski definition) is 0. The lowest BCUT2D eigenvalue weighted by Gasteiger charge is -2.10. The fraction of sp³-hybridized carbons (Fsp3) is 0.500. The minimum absolute atomic E-state index is 0.0680. The van der Waals surface area contributed by atoms with E-state index in [2.05, 4.69) is 20.1 Å². The number of hydrogen-bond acceptors (Lipinski definition) is 6. The zero-order chi connectivity index (χ0) is 13.6. The topological polar surface area (TPSA) is 63.9 Å². The number of rotatable bonds is 2. The molecule has 1 aliphatic heterocycles. The lowest BCUT2D eigenvalue weighted by atomic mass is 10.2. The minimum atomic E-state index is 0.0680. The third-order valence-electron chi connectivity index (χ3n) is 3.38. The third kappa shape index (κ3) is 2.19. The van der Waals surface area contributed by atoms with E-state index in [1.165, 1.54) is 0 Å². The summed E-state index contributed by atoms with van der Waals surface area (Å²) in [6.07, 6.45) is 0. The van der Waals surface area contributed by atoms with Crippen molar-refractivity contribution in [2.24, 2.45) is 7.05 Å². The molecule has 2 aromatic rings. The highest BCUT2D eigenvalue weighted by Crippen LogP contribution is 2.21. The van der Waals surface area contributed by atoms with Crippen molar-refractivity contribution in [2.45, 2.75) is 33.5 Å². The van der Waals surface area contributed by atoms with E-state index in [9.17, 15) is 4.79 Å². The van der Waals surface area contributed by atoms with Crippen LogP contribution in [0.2, 0.25) is 0 Å². The zero-order valence-corrected chi connectivity index (χ0v) is 12.0. The smallest absolute Gasteiger partial charge is 0.258 e. The SMILES string of the molecule is Cc1nnc(CN2Cc3nc(C)n(C)c(=O)c3C2)s1. The van der Waals surface area contributed by atoms with E-state index in [4.69, 9.17) is 0 Å². The number of aromatic nitrogens is 4. The van der Waals surface area contributed by atoms with Crippen LogP contribution in [0.5, 0.6) is 0 Å². The Morgan fingerprint density at radius 2 is 2.05 bits per heavy atom. The van der Waals surface area contributed by atoms with Gasteiger partial charge < -0.3 is 0 Å². The van der Waals surface area contributed by atoms with Gasteiger partial charge in [0.15, 0.2) is 0 Å². The first-order valence-corrected chi connectivity index (χ1v) is 6.93. The van der Waals surface area contributed by atoms with Gasteiger partial charge in [-0.25, -0.2) is 4.98 Å². The maximum absolute atomic E-state index is 12.2. The summed E-state index contributed by atoms with van der Waals surface area (Å²) in [5.41, 5.74) is 1.79. The molecule has 0 saturated heterocycles. The lowest BCUT2D eigenvalue weighted by molar-refractivity contribution is 0.272. The van der Waals surface area contributed by atoms with Gasteiger partial charge >= 0.3 is 0 Å². The molecule has 6 nitrogen and oxygen atoms in total. The Bertz CT molecular complexity index is 690. The number of aryl methyl sites for hydroxylation is 2. The van der Waals surface area contributed by atoms with Gasteiger partial charge in [-0.1, -0.05) is 0 Å². The number of nitrogens with zero attached hydrogens (tertiary/aromatic N) is 5. The van der Waals surface area contributed by atoms with Gasteiger partial charge in [-0.05, 0) is 13.8 Å². The highest BCUT2D eigenvalue weighted by atomic mass is 32.1. The summed E-state index contributed by atoms with van der Waals surface area (Å²) >= 11 is 1.60. The summed E-state index contributed by atoms with van der Waals surface area (Å²) in [5.74, 6) is 0.761. The largest absolute Gasteiger partial charge is 0.300 e. The Morgan fingerprint density at radius 3 is 2.74 bits per heavy atom. The second-order valence-electron chi connectivity index (χ2n) is 4.81. The summed E-state index contributed by atoms with van der Waals surface area (Å²) in [5, 5.41) is 10.1. The van der Waals surface area contributed by atoms with E-state index in [0.717, 1.165) is 33.6 Å². The van der Waals surface area contributed by atoms with E-state index < -0.39 is 0 Å². The second-order valence-corrected chi connectivity index (χ2v) is 6.07. The van der Waals surface area contributed by atoms with Gasteiger partial charge in [0.2, 0.25) is 0 Å². The van der Waals surface area contributed by atoms with Crippen LogP contribution in [-0.2, 0) is 26.7 Å². The van der Waals surface area contributed by atoms with Crippen molar-refractivity contribution < 1.29 is 0 Å². The van der Waals surface area contributed by atoms with E-state index in [1.807, 2.05) is 13.8 Å². The van der Waals surface area contributed by atoms with Gasteiger partial charge in [-0.2, -0.15) is 0 Å². The van der Waals surface area contributed by atoms with Crippen LogP contribution in [0.4, 0.5) is 0 Å². The third-order valence-corrected chi connectivity index (χ3v) is 4.20. The summed E-state index contributed by atoms with van der Waals surface area (Å²) in [7, 11) is 1.77. The average molecular weight is 277 g/mol. The molecule has 2 aromatic heterocycles. The van der Waals surface area contributed by atoms with Gasteiger partial charge in [0.05, 0.1) is 17.8 Å². The van der Waals surface area contributed by atoms with Crippen molar-refractivity contribution in [1.29, 1.82) is 0 Å². The van der Waals surface area contributed by atoms with Crippen molar-refractivity contribution in [1.82, 2.24) is 24.6 Å². The fourth-order valence-corrected chi connectivity index (χ4v) is 3.05. The molecule has 3 heterocycles. The van der Waals surface area contributed by atoms with Gasteiger partial charge in [-0.3, -0.25) is 14.3 Å². The van der Waals surface area contributed by atoms with Crippen LogP contribution in [0, 0.1) is 13.8 Å². The summed E-state index contributed by atoms with van der Waals surface area (Å²) < 4.78 is 1.61. The highest BCUT2D eigenvalue weighted by Gasteiger charge is 2.25. The van der Waals surface area contributed by atoms with Crippen LogP contribution in [0.25, 0.3) is 0 Å². The van der Waals surface area contributed by atoms with Gasteiger partial charge in [-0.15, -0.1) is 21.5 Å². The quantitative estimate of drug-likeness (QED) is 0.811. The summed E-state index contributed by atoms with van der Waals surface area (Å²) in [4.78, 5) is 18.8. The molecule has 0 fully saturated rings. The van der Waals surface area contributed by atoms with E-state index >= 15 is 0 Å². The Labute approximate surface area is 114 Å². The molecule has 0 radical (unpaired) electrons. The maximum atomic E-state index is 12.2. The van der Waals surface area contributed by atoms with Crippen molar-refractivity contribution in [3.63, 3.8) is 0 Å². The maximum Gasteiger partial charge on any atom is 0.258 e. The van der Waals surface area contributed by atoms with E-state index in [-0.39, 0.29) is 5.56 Å². The molecule has 100 valence electrons. The molecule has 0 aromatic carbocycles. The molecular formula is C12H15N5OS. The molecule has 1 aliphatic rings. The predicted molar refractivity (Wildman–Crippen MR) is 71.8 cm³/mol. The Balaban J connectivity index is 1.85. The van der Waals surface area contributed by atoms with Crippen molar-refractivity contribution in [3.05, 3.63) is 37.5 Å². The molecule has 0 saturated carbocycles. The first-order valence-electron chi connectivity index (χ1n) is 6.11. The monoisotopic (exact) mass is 277 g/mol. The Hall–Kier alpha value is -1.60. The van der Waals surface area contributed by atoms with Gasteiger partial charge in [0.25, 0.3) is 5.56 Å². The highest BCUT2D eigenvalue weighted by molar-refractivity contribution is 7.11. The molecule has 0 atom stereocenters. The second kappa shape index (κ2) is 4.50. The fourth-order valence-electron chi connectivity index (χ4n) is 2.30. The Kier molecular flexibility index (Phi) is 2.94. The summed E-state index contributed by atoms with van der Waals surface area (Å²) in [6.45, 7) is 5.89. The molecule has 0 amide bonds. The first kappa shape index (κ1) is 12.4. The molecule has 7 heteroatoms. The predicted octanol–water partition coefficient (Wildman–Crippen LogP) is 0.764. The molecule has 0 N–H and O–H groups in total. The average Bonchev–Trinajstić information content (AvgIpc) is 2.93. The van der Waals surface area contributed by atoms with Gasteiger partial charge in [0, 0.05) is 20.1 Å². The molecule has 0 aliphatic carbocycles. The molecule has 0 unspecified atom stereocenters. The van der Waals surface area contributed by atoms with Crippen LogP contribution < -0.4 is 5.56 Å². The van der Waals surface area contributed by atoms with Crippen LogP contribution in [0.3, 0.4) is 0 Å². The normalized spacial score (nSPS) is 14.9. The van der Waals surface area contributed by atoms with Crippen molar-refractivity contribution >= 4 is 11.3 Å². The first-order chi connectivity index (χ1) is 9.04. The number of fused-ring (bicyclic) bond motifs is 1. The molecular weight excluding hydrogens is 262 g/mol. The minimum Gasteiger partial charge on any atom is -0.300 e. The van der Waals surface area contributed by atoms with Crippen LogP contribution in [-0.4, -0.2) is 24.6 Å². The van der Waals surface area contributed by atoms with Gasteiger partial charge in [0.1, 0.15) is 15.8 Å². The van der Waals surface area contributed by atoms with Crippen molar-refractivity contribution in [3.8, 4) is 0 Å².